The molecule has 0 radical (unpaired) electrons. The van der Waals surface area contributed by atoms with E-state index in [0.717, 1.165) is 47.2 Å². The third-order valence-electron chi connectivity index (χ3n) is 4.70. The van der Waals surface area contributed by atoms with Crippen LogP contribution < -0.4 is 0 Å². The van der Waals surface area contributed by atoms with Crippen LogP contribution in [0.2, 0.25) is 0 Å². The summed E-state index contributed by atoms with van der Waals surface area (Å²) in [5.41, 5.74) is 3.30. The molecule has 24 heavy (non-hydrogen) atoms. The molecule has 2 aliphatic heterocycles. The van der Waals surface area contributed by atoms with Gasteiger partial charge in [0.15, 0.2) is 5.78 Å². The van der Waals surface area contributed by atoms with E-state index >= 15 is 0 Å². The van der Waals surface area contributed by atoms with E-state index in [2.05, 4.69) is 30.3 Å². The van der Waals surface area contributed by atoms with Gasteiger partial charge in [0.05, 0.1) is 17.6 Å². The maximum absolute atomic E-state index is 12.7. The number of hydrogen-bond acceptors (Lipinski definition) is 5. The highest BCUT2D eigenvalue weighted by atomic mass is 32.2. The van der Waals surface area contributed by atoms with Crippen LogP contribution >= 0.6 is 11.8 Å². The van der Waals surface area contributed by atoms with Gasteiger partial charge in [0.1, 0.15) is 5.04 Å². The molecule has 0 aromatic rings. The third-order valence-corrected chi connectivity index (χ3v) is 5.91. The number of thioether (sulfide) groups is 1. The number of rotatable bonds is 5. The summed E-state index contributed by atoms with van der Waals surface area (Å²) in [5, 5.41) is 0.880. The molecule has 0 bridgehead atoms. The van der Waals surface area contributed by atoms with E-state index < -0.39 is 0 Å². The average molecular weight is 349 g/mol. The minimum absolute atomic E-state index is 0.0375. The number of hydrogen-bond donors (Lipinski definition) is 0. The molecule has 2 atom stereocenters. The van der Waals surface area contributed by atoms with Crippen molar-refractivity contribution in [1.82, 2.24) is 4.90 Å². The fraction of sp³-hybridized carbons (Fsp3) is 0.579. The Balaban J connectivity index is 2.44. The van der Waals surface area contributed by atoms with Crippen LogP contribution in [0, 0.1) is 5.92 Å². The van der Waals surface area contributed by atoms with Crippen molar-refractivity contribution in [3.05, 3.63) is 34.5 Å². The highest BCUT2D eigenvalue weighted by Gasteiger charge is 2.33. The summed E-state index contributed by atoms with van der Waals surface area (Å²) in [4.78, 5) is 20.3. The zero-order valence-corrected chi connectivity index (χ0v) is 16.2. The molecular weight excluding hydrogens is 320 g/mol. The first kappa shape index (κ1) is 19.0. The van der Waals surface area contributed by atoms with Gasteiger partial charge in [0, 0.05) is 36.5 Å². The van der Waals surface area contributed by atoms with Gasteiger partial charge in [-0.1, -0.05) is 32.2 Å². The van der Waals surface area contributed by atoms with Gasteiger partial charge in [0.25, 0.3) is 0 Å². The van der Waals surface area contributed by atoms with Gasteiger partial charge in [-0.3, -0.25) is 4.79 Å². The zero-order valence-electron chi connectivity index (χ0n) is 15.4. The standard InChI is InChI=1S/C19H28N2O2S/c1-7-12(3)17(22)18-14(5)16(19(24-18)20-8-2)15(6)21-9-10-23-13(4)11-21/h8,12-13H,2,7,9-11H2,1,3-6H3/b16-15+,20-19+. The molecule has 0 saturated carbocycles. The molecule has 0 spiro atoms. The molecular formula is C19H28N2O2S. The van der Waals surface area contributed by atoms with Crippen LogP contribution in [0.25, 0.3) is 0 Å². The highest BCUT2D eigenvalue weighted by molar-refractivity contribution is 8.19. The van der Waals surface area contributed by atoms with Crippen LogP contribution in [0.4, 0.5) is 0 Å². The lowest BCUT2D eigenvalue weighted by atomic mass is 9.98. The molecule has 2 heterocycles. The van der Waals surface area contributed by atoms with Crippen molar-refractivity contribution in [2.45, 2.75) is 47.1 Å². The molecule has 0 aromatic heterocycles. The number of Topliss-reactive ketones (excluding diaryl/α,β-unsaturated/α-hetero) is 1. The fourth-order valence-electron chi connectivity index (χ4n) is 3.02. The van der Waals surface area contributed by atoms with Crippen LogP contribution in [0.15, 0.2) is 39.5 Å². The Kier molecular flexibility index (Phi) is 6.47. The zero-order chi connectivity index (χ0) is 17.9. The number of ether oxygens (including phenoxy) is 1. The van der Waals surface area contributed by atoms with Gasteiger partial charge < -0.3 is 9.64 Å². The van der Waals surface area contributed by atoms with Crippen molar-refractivity contribution in [2.75, 3.05) is 19.7 Å². The monoisotopic (exact) mass is 348 g/mol. The van der Waals surface area contributed by atoms with Crippen LogP contribution in [0.1, 0.15) is 41.0 Å². The van der Waals surface area contributed by atoms with Crippen molar-refractivity contribution in [2.24, 2.45) is 10.9 Å². The van der Waals surface area contributed by atoms with Crippen LogP contribution in [0.3, 0.4) is 0 Å². The molecule has 4 nitrogen and oxygen atoms in total. The Bertz CT molecular complexity index is 619. The minimum Gasteiger partial charge on any atom is -0.375 e. The van der Waals surface area contributed by atoms with E-state index in [-0.39, 0.29) is 17.8 Å². The average Bonchev–Trinajstić information content (AvgIpc) is 2.89. The summed E-state index contributed by atoms with van der Waals surface area (Å²) in [6.45, 7) is 16.5. The van der Waals surface area contributed by atoms with Gasteiger partial charge in [-0.15, -0.1) is 0 Å². The Labute approximate surface area is 149 Å². The van der Waals surface area contributed by atoms with Gasteiger partial charge in [-0.05, 0) is 32.8 Å². The van der Waals surface area contributed by atoms with Crippen molar-refractivity contribution < 1.29 is 9.53 Å². The van der Waals surface area contributed by atoms with Crippen molar-refractivity contribution >= 4 is 22.6 Å². The second-order valence-electron chi connectivity index (χ2n) is 6.43. The molecule has 2 unspecified atom stereocenters. The molecule has 0 N–H and O–H groups in total. The molecule has 1 saturated heterocycles. The minimum atomic E-state index is 0.0375. The van der Waals surface area contributed by atoms with E-state index in [1.807, 2.05) is 20.8 Å². The number of morpholine rings is 1. The Hall–Kier alpha value is -1.33. The summed E-state index contributed by atoms with van der Waals surface area (Å²) in [6.07, 6.45) is 2.62. The smallest absolute Gasteiger partial charge is 0.172 e. The SMILES string of the molecule is C=C/N=C1/SC(C(=O)C(C)CC)=C(C)/C1=C(/C)N1CCOC(C)C1. The largest absolute Gasteiger partial charge is 0.375 e. The van der Waals surface area contributed by atoms with Crippen molar-refractivity contribution in [1.29, 1.82) is 0 Å². The first-order chi connectivity index (χ1) is 11.4. The maximum Gasteiger partial charge on any atom is 0.172 e. The Morgan fingerprint density at radius 2 is 2.29 bits per heavy atom. The molecule has 0 aromatic carbocycles. The van der Waals surface area contributed by atoms with Crippen LogP contribution in [-0.2, 0) is 9.53 Å². The predicted octanol–water partition coefficient (Wildman–Crippen LogP) is 4.16. The van der Waals surface area contributed by atoms with Gasteiger partial charge in [0.2, 0.25) is 0 Å². The molecule has 0 aliphatic carbocycles. The lowest BCUT2D eigenvalue weighted by molar-refractivity contribution is -0.118. The normalized spacial score (nSPS) is 26.8. The second-order valence-corrected chi connectivity index (χ2v) is 7.43. The fourth-order valence-corrected chi connectivity index (χ4v) is 4.30. The molecule has 2 rings (SSSR count). The number of carbonyl (C=O) groups is 1. The van der Waals surface area contributed by atoms with Crippen LogP contribution in [-0.4, -0.2) is 41.5 Å². The lowest BCUT2D eigenvalue weighted by Gasteiger charge is -2.34. The summed E-state index contributed by atoms with van der Waals surface area (Å²) < 4.78 is 5.65. The predicted molar refractivity (Wildman–Crippen MR) is 102 cm³/mol. The van der Waals surface area contributed by atoms with E-state index in [1.165, 1.54) is 17.5 Å². The third kappa shape index (κ3) is 3.83. The number of nitrogens with zero attached hydrogens (tertiary/aromatic N) is 2. The van der Waals surface area contributed by atoms with Crippen LogP contribution in [0.5, 0.6) is 0 Å². The number of allylic oxidation sites excluding steroid dienone is 3. The quantitative estimate of drug-likeness (QED) is 0.748. The van der Waals surface area contributed by atoms with E-state index in [9.17, 15) is 4.79 Å². The van der Waals surface area contributed by atoms with E-state index in [1.54, 1.807) is 6.20 Å². The molecule has 2 aliphatic rings. The van der Waals surface area contributed by atoms with Gasteiger partial charge in [-0.25, -0.2) is 4.99 Å². The Morgan fingerprint density at radius 3 is 2.88 bits per heavy atom. The van der Waals surface area contributed by atoms with Crippen molar-refractivity contribution in [3.8, 4) is 0 Å². The van der Waals surface area contributed by atoms with E-state index in [0.29, 0.717) is 0 Å². The summed E-state index contributed by atoms with van der Waals surface area (Å²) >= 11 is 1.49. The molecule has 1 fully saturated rings. The number of carbonyl (C=O) groups excluding carboxylic acids is 1. The molecule has 5 heteroatoms. The highest BCUT2D eigenvalue weighted by Crippen LogP contribution is 2.42. The second kappa shape index (κ2) is 8.17. The first-order valence-electron chi connectivity index (χ1n) is 8.60. The molecule has 0 amide bonds. The Morgan fingerprint density at radius 1 is 1.58 bits per heavy atom. The topological polar surface area (TPSA) is 41.9 Å². The lowest BCUT2D eigenvalue weighted by Crippen LogP contribution is -2.40. The van der Waals surface area contributed by atoms with Crippen molar-refractivity contribution in [3.63, 3.8) is 0 Å². The maximum atomic E-state index is 12.7. The number of ketones is 1. The van der Waals surface area contributed by atoms with E-state index in [4.69, 9.17) is 4.74 Å². The summed E-state index contributed by atoms with van der Waals surface area (Å²) in [7, 11) is 0. The molecule has 132 valence electrons. The summed E-state index contributed by atoms with van der Waals surface area (Å²) in [5.74, 6) is 0.255. The summed E-state index contributed by atoms with van der Waals surface area (Å²) in [6, 6.07) is 0. The first-order valence-corrected chi connectivity index (χ1v) is 9.42. The van der Waals surface area contributed by atoms with Gasteiger partial charge in [-0.2, -0.15) is 0 Å². The van der Waals surface area contributed by atoms with Gasteiger partial charge >= 0.3 is 0 Å². The number of aliphatic imine (C=N–C) groups is 1.